The van der Waals surface area contributed by atoms with Crippen molar-refractivity contribution in [3.63, 3.8) is 0 Å². The van der Waals surface area contributed by atoms with E-state index in [1.807, 2.05) is 20.8 Å². The van der Waals surface area contributed by atoms with Crippen LogP contribution in [-0.4, -0.2) is 15.7 Å². The van der Waals surface area contributed by atoms with Gasteiger partial charge in [-0.3, -0.25) is 10.7 Å². The highest BCUT2D eigenvalue weighted by Crippen LogP contribution is 2.17. The monoisotopic (exact) mass is 181 g/mol. The van der Waals surface area contributed by atoms with Crippen molar-refractivity contribution < 1.29 is 4.74 Å². The number of rotatable bonds is 3. The molecule has 0 aliphatic heterocycles. The van der Waals surface area contributed by atoms with Gasteiger partial charge in [-0.05, 0) is 6.92 Å². The summed E-state index contributed by atoms with van der Waals surface area (Å²) in [6.45, 7) is 5.82. The van der Waals surface area contributed by atoms with Crippen molar-refractivity contribution in [1.29, 1.82) is 0 Å². The summed E-state index contributed by atoms with van der Waals surface area (Å²) in [6.07, 6.45) is 4.72. The topological polar surface area (TPSA) is 61.0 Å². The first-order chi connectivity index (χ1) is 6.02. The van der Waals surface area contributed by atoms with Gasteiger partial charge < -0.3 is 4.74 Å². The maximum Gasteiger partial charge on any atom is 0.234 e. The molecule has 13 heavy (non-hydrogen) atoms. The molecule has 0 bridgehead atoms. The number of aromatic nitrogens is 2. The van der Waals surface area contributed by atoms with Gasteiger partial charge >= 0.3 is 0 Å². The van der Waals surface area contributed by atoms with Crippen molar-refractivity contribution in [1.82, 2.24) is 9.97 Å². The van der Waals surface area contributed by atoms with Crippen LogP contribution in [0.1, 0.15) is 20.8 Å². The Morgan fingerprint density at radius 1 is 1.46 bits per heavy atom. The number of ether oxygens (including phenoxy) is 1. The summed E-state index contributed by atoms with van der Waals surface area (Å²) < 4.78 is 5.47. The lowest BCUT2D eigenvalue weighted by Gasteiger charge is -2.29. The van der Waals surface area contributed by atoms with E-state index in [1.165, 1.54) is 0 Å². The second-order valence-electron chi connectivity index (χ2n) is 3.48. The molecule has 1 aromatic rings. The van der Waals surface area contributed by atoms with Crippen LogP contribution in [0.3, 0.4) is 0 Å². The van der Waals surface area contributed by atoms with Crippen LogP contribution in [0.2, 0.25) is 0 Å². The minimum atomic E-state index is -0.698. The minimum absolute atomic E-state index is 0.217. The molecule has 0 radical (unpaired) electrons. The third-order valence-electron chi connectivity index (χ3n) is 2.01. The summed E-state index contributed by atoms with van der Waals surface area (Å²) in [5, 5.41) is 0. The summed E-state index contributed by atoms with van der Waals surface area (Å²) in [5.74, 6) is 0.677. The molecule has 0 fully saturated rings. The Bertz CT molecular complexity index is 259. The van der Waals surface area contributed by atoms with Crippen molar-refractivity contribution in [3.8, 4) is 5.88 Å². The highest BCUT2D eigenvalue weighted by molar-refractivity contribution is 5.03. The average Bonchev–Trinajstić information content (AvgIpc) is 2.05. The normalized spacial score (nSPS) is 15.5. The van der Waals surface area contributed by atoms with Gasteiger partial charge in [0.25, 0.3) is 0 Å². The molecule has 1 atom stereocenters. The van der Waals surface area contributed by atoms with Crippen LogP contribution in [0.4, 0.5) is 0 Å². The first-order valence-electron chi connectivity index (χ1n) is 4.26. The van der Waals surface area contributed by atoms with E-state index < -0.39 is 5.72 Å². The molecular formula is C9H15N3O. The zero-order chi connectivity index (χ0) is 9.90. The van der Waals surface area contributed by atoms with Gasteiger partial charge in [0.1, 0.15) is 0 Å². The molecule has 1 aromatic heterocycles. The van der Waals surface area contributed by atoms with Gasteiger partial charge in [0.15, 0.2) is 5.72 Å². The SMILES string of the molecule is CC(C)C(C)(N)Oc1cnccn1. The van der Waals surface area contributed by atoms with Crippen molar-refractivity contribution in [2.45, 2.75) is 26.5 Å². The zero-order valence-corrected chi connectivity index (χ0v) is 8.19. The van der Waals surface area contributed by atoms with Crippen molar-refractivity contribution in [2.75, 3.05) is 0 Å². The molecule has 2 N–H and O–H groups in total. The first kappa shape index (κ1) is 9.92. The molecule has 4 nitrogen and oxygen atoms in total. The van der Waals surface area contributed by atoms with E-state index in [4.69, 9.17) is 10.5 Å². The van der Waals surface area contributed by atoms with Crippen molar-refractivity contribution in [3.05, 3.63) is 18.6 Å². The smallest absolute Gasteiger partial charge is 0.234 e. The molecule has 0 spiro atoms. The summed E-state index contributed by atoms with van der Waals surface area (Å²) in [7, 11) is 0. The fourth-order valence-electron chi connectivity index (χ4n) is 0.681. The number of hydrogen-bond donors (Lipinski definition) is 1. The van der Waals surface area contributed by atoms with Crippen LogP contribution >= 0.6 is 0 Å². The zero-order valence-electron chi connectivity index (χ0n) is 8.19. The number of nitrogens with two attached hydrogens (primary N) is 1. The summed E-state index contributed by atoms with van der Waals surface area (Å²) >= 11 is 0. The summed E-state index contributed by atoms with van der Waals surface area (Å²) in [6, 6.07) is 0. The van der Waals surface area contributed by atoms with Crippen LogP contribution in [0, 0.1) is 5.92 Å². The summed E-state index contributed by atoms with van der Waals surface area (Å²) in [5.41, 5.74) is 5.20. The highest BCUT2D eigenvalue weighted by Gasteiger charge is 2.25. The molecule has 0 saturated heterocycles. The lowest BCUT2D eigenvalue weighted by molar-refractivity contribution is 0.0420. The minimum Gasteiger partial charge on any atom is -0.455 e. The molecule has 1 unspecified atom stereocenters. The van der Waals surface area contributed by atoms with E-state index in [0.29, 0.717) is 5.88 Å². The van der Waals surface area contributed by atoms with Crippen molar-refractivity contribution >= 4 is 0 Å². The Kier molecular flexibility index (Phi) is 2.83. The van der Waals surface area contributed by atoms with E-state index in [2.05, 4.69) is 9.97 Å². The molecule has 1 heterocycles. The lowest BCUT2D eigenvalue weighted by Crippen LogP contribution is -2.47. The van der Waals surface area contributed by atoms with Gasteiger partial charge in [-0.15, -0.1) is 0 Å². The van der Waals surface area contributed by atoms with Crippen LogP contribution in [0.5, 0.6) is 5.88 Å². The van der Waals surface area contributed by atoms with Crippen LogP contribution in [0.25, 0.3) is 0 Å². The van der Waals surface area contributed by atoms with E-state index in [-0.39, 0.29) is 5.92 Å². The molecule has 4 heteroatoms. The second-order valence-corrected chi connectivity index (χ2v) is 3.48. The Morgan fingerprint density at radius 3 is 2.62 bits per heavy atom. The van der Waals surface area contributed by atoms with Crippen molar-refractivity contribution in [2.24, 2.45) is 11.7 Å². The largest absolute Gasteiger partial charge is 0.455 e. The second kappa shape index (κ2) is 3.70. The molecule has 0 saturated carbocycles. The van der Waals surface area contributed by atoms with E-state index >= 15 is 0 Å². The molecule has 72 valence electrons. The maximum atomic E-state index is 5.90. The lowest BCUT2D eigenvalue weighted by atomic mass is 10.0. The van der Waals surface area contributed by atoms with Crippen LogP contribution in [0.15, 0.2) is 18.6 Å². The van der Waals surface area contributed by atoms with Gasteiger partial charge in [-0.2, -0.15) is 0 Å². The Hall–Kier alpha value is -1.16. The predicted octanol–water partition coefficient (Wildman–Crippen LogP) is 1.19. The molecule has 1 rings (SSSR count). The third-order valence-corrected chi connectivity index (χ3v) is 2.01. The Morgan fingerprint density at radius 2 is 2.15 bits per heavy atom. The standard InChI is InChI=1S/C9H15N3O/c1-7(2)9(3,10)13-8-6-11-4-5-12-8/h4-7H,10H2,1-3H3. The number of nitrogens with zero attached hydrogens (tertiary/aromatic N) is 2. The predicted molar refractivity (Wildman–Crippen MR) is 50.1 cm³/mol. The molecule has 0 amide bonds. The average molecular weight is 181 g/mol. The molecule has 0 aromatic carbocycles. The van der Waals surface area contributed by atoms with E-state index in [0.717, 1.165) is 0 Å². The maximum absolute atomic E-state index is 5.90. The Labute approximate surface area is 78.1 Å². The van der Waals surface area contributed by atoms with Gasteiger partial charge in [-0.25, -0.2) is 4.98 Å². The molecule has 0 aliphatic rings. The summed E-state index contributed by atoms with van der Waals surface area (Å²) in [4.78, 5) is 7.87. The van der Waals surface area contributed by atoms with Gasteiger partial charge in [0.05, 0.1) is 6.20 Å². The number of hydrogen-bond acceptors (Lipinski definition) is 4. The Balaban J connectivity index is 2.69. The van der Waals surface area contributed by atoms with Crippen LogP contribution in [-0.2, 0) is 0 Å². The van der Waals surface area contributed by atoms with Crippen LogP contribution < -0.4 is 10.5 Å². The fraction of sp³-hybridized carbons (Fsp3) is 0.556. The highest BCUT2D eigenvalue weighted by atomic mass is 16.5. The first-order valence-corrected chi connectivity index (χ1v) is 4.26. The van der Waals surface area contributed by atoms with E-state index in [9.17, 15) is 0 Å². The fourth-order valence-corrected chi connectivity index (χ4v) is 0.681. The molecular weight excluding hydrogens is 166 g/mol. The third kappa shape index (κ3) is 2.66. The van der Waals surface area contributed by atoms with Gasteiger partial charge in [-0.1, -0.05) is 13.8 Å². The van der Waals surface area contributed by atoms with Gasteiger partial charge in [0, 0.05) is 18.3 Å². The van der Waals surface area contributed by atoms with Gasteiger partial charge in [0.2, 0.25) is 5.88 Å². The quantitative estimate of drug-likeness (QED) is 0.711. The molecule has 0 aliphatic carbocycles. The van der Waals surface area contributed by atoms with E-state index in [1.54, 1.807) is 18.6 Å².